The van der Waals surface area contributed by atoms with E-state index < -0.39 is 0 Å². The van der Waals surface area contributed by atoms with Gasteiger partial charge in [-0.05, 0) is 55.8 Å². The molecule has 0 aromatic heterocycles. The summed E-state index contributed by atoms with van der Waals surface area (Å²) in [4.78, 5) is 0. The van der Waals surface area contributed by atoms with Gasteiger partial charge >= 0.3 is 0 Å². The highest BCUT2D eigenvalue weighted by atomic mass is 16.5. The molecule has 0 bridgehead atoms. The summed E-state index contributed by atoms with van der Waals surface area (Å²) < 4.78 is 6.71. The number of nitrogens with one attached hydrogen (secondary N) is 1. The van der Waals surface area contributed by atoms with E-state index in [0.717, 1.165) is 24.9 Å². The fourth-order valence-corrected chi connectivity index (χ4v) is 4.96. The first-order valence-electron chi connectivity index (χ1n) is 9.37. The highest BCUT2D eigenvalue weighted by Gasteiger charge is 2.42. The van der Waals surface area contributed by atoms with Gasteiger partial charge in [-0.2, -0.15) is 0 Å². The van der Waals surface area contributed by atoms with Gasteiger partial charge < -0.3 is 10.1 Å². The zero-order valence-corrected chi connectivity index (χ0v) is 14.4. The first kappa shape index (κ1) is 15.8. The van der Waals surface area contributed by atoms with Crippen molar-refractivity contribution in [1.82, 2.24) is 5.32 Å². The lowest BCUT2D eigenvalue weighted by atomic mass is 9.68. The van der Waals surface area contributed by atoms with Gasteiger partial charge in [0, 0.05) is 13.1 Å². The Bertz CT molecular complexity index is 326. The summed E-state index contributed by atoms with van der Waals surface area (Å²) >= 11 is 0. The Kier molecular flexibility index (Phi) is 4.66. The summed E-state index contributed by atoms with van der Waals surface area (Å²) in [5, 5.41) is 3.71. The van der Waals surface area contributed by atoms with E-state index in [1.807, 2.05) is 0 Å². The van der Waals surface area contributed by atoms with Crippen LogP contribution in [0.15, 0.2) is 0 Å². The molecule has 1 saturated heterocycles. The van der Waals surface area contributed by atoms with E-state index >= 15 is 0 Å². The van der Waals surface area contributed by atoms with Crippen molar-refractivity contribution < 1.29 is 4.74 Å². The molecule has 3 fully saturated rings. The topological polar surface area (TPSA) is 21.3 Å². The lowest BCUT2D eigenvalue weighted by Crippen LogP contribution is -2.56. The number of hydrogen-bond donors (Lipinski definition) is 1. The average Bonchev–Trinajstić information content (AvgIpc) is 2.47. The van der Waals surface area contributed by atoms with Crippen molar-refractivity contribution >= 4 is 0 Å². The Labute approximate surface area is 131 Å². The Morgan fingerprint density at radius 3 is 2.24 bits per heavy atom. The SMILES string of the molecule is CC(C)(C)C1CCC(C2CNCC3(CCCCC3)O2)CC1. The van der Waals surface area contributed by atoms with Crippen molar-refractivity contribution in [2.45, 2.75) is 90.3 Å². The Morgan fingerprint density at radius 2 is 1.62 bits per heavy atom. The fourth-order valence-electron chi connectivity index (χ4n) is 4.96. The van der Waals surface area contributed by atoms with Crippen LogP contribution in [-0.4, -0.2) is 24.8 Å². The maximum Gasteiger partial charge on any atom is 0.0810 e. The minimum absolute atomic E-state index is 0.196. The second kappa shape index (κ2) is 6.20. The summed E-state index contributed by atoms with van der Waals surface area (Å²) in [5.41, 5.74) is 0.684. The van der Waals surface area contributed by atoms with E-state index in [9.17, 15) is 0 Å². The maximum absolute atomic E-state index is 6.71. The van der Waals surface area contributed by atoms with Crippen LogP contribution >= 0.6 is 0 Å². The van der Waals surface area contributed by atoms with Crippen LogP contribution in [0, 0.1) is 17.3 Å². The fraction of sp³-hybridized carbons (Fsp3) is 1.00. The van der Waals surface area contributed by atoms with Crippen molar-refractivity contribution in [3.05, 3.63) is 0 Å². The zero-order valence-electron chi connectivity index (χ0n) is 14.4. The molecule has 1 spiro atoms. The highest BCUT2D eigenvalue weighted by molar-refractivity contribution is 4.94. The van der Waals surface area contributed by atoms with Gasteiger partial charge in [0.1, 0.15) is 0 Å². The van der Waals surface area contributed by atoms with E-state index in [2.05, 4.69) is 26.1 Å². The van der Waals surface area contributed by atoms with Crippen LogP contribution in [0.5, 0.6) is 0 Å². The minimum atomic E-state index is 0.196. The summed E-state index contributed by atoms with van der Waals surface area (Å²) in [6, 6.07) is 0. The molecule has 1 unspecified atom stereocenters. The van der Waals surface area contributed by atoms with Gasteiger partial charge in [0.25, 0.3) is 0 Å². The second-order valence-electron chi connectivity index (χ2n) is 9.01. The number of ether oxygens (including phenoxy) is 1. The third kappa shape index (κ3) is 3.64. The van der Waals surface area contributed by atoms with Gasteiger partial charge in [-0.15, -0.1) is 0 Å². The molecule has 2 aliphatic carbocycles. The second-order valence-corrected chi connectivity index (χ2v) is 9.01. The summed E-state index contributed by atoms with van der Waals surface area (Å²) in [7, 11) is 0. The number of rotatable bonds is 1. The van der Waals surface area contributed by atoms with Crippen LogP contribution in [-0.2, 0) is 4.74 Å². The number of hydrogen-bond acceptors (Lipinski definition) is 2. The highest BCUT2D eigenvalue weighted by Crippen LogP contribution is 2.43. The van der Waals surface area contributed by atoms with Crippen LogP contribution in [0.1, 0.15) is 78.6 Å². The molecule has 21 heavy (non-hydrogen) atoms. The van der Waals surface area contributed by atoms with Crippen molar-refractivity contribution in [2.24, 2.45) is 17.3 Å². The van der Waals surface area contributed by atoms with Crippen LogP contribution < -0.4 is 5.32 Å². The van der Waals surface area contributed by atoms with Crippen LogP contribution in [0.4, 0.5) is 0 Å². The van der Waals surface area contributed by atoms with Gasteiger partial charge in [-0.1, -0.05) is 40.0 Å². The van der Waals surface area contributed by atoms with E-state index in [-0.39, 0.29) is 5.60 Å². The number of morpholine rings is 1. The molecule has 0 aromatic carbocycles. The molecule has 1 heterocycles. The Balaban J connectivity index is 1.55. The lowest BCUT2D eigenvalue weighted by Gasteiger charge is -2.48. The zero-order chi connectivity index (χ0) is 14.9. The average molecular weight is 293 g/mol. The predicted octanol–water partition coefficient (Wildman–Crippen LogP) is 4.53. The molecule has 1 N–H and O–H groups in total. The predicted molar refractivity (Wildman–Crippen MR) is 88.5 cm³/mol. The Hall–Kier alpha value is -0.0800. The minimum Gasteiger partial charge on any atom is -0.369 e. The van der Waals surface area contributed by atoms with Gasteiger partial charge in [0.2, 0.25) is 0 Å². The molecule has 0 aromatic rings. The smallest absolute Gasteiger partial charge is 0.0810 e. The monoisotopic (exact) mass is 293 g/mol. The molecule has 122 valence electrons. The van der Waals surface area contributed by atoms with Crippen LogP contribution in [0.25, 0.3) is 0 Å². The van der Waals surface area contributed by atoms with Gasteiger partial charge in [0.05, 0.1) is 11.7 Å². The third-order valence-electron chi connectivity index (χ3n) is 6.48. The summed E-state index contributed by atoms with van der Waals surface area (Å²) in [6.07, 6.45) is 12.8. The molecular weight excluding hydrogens is 258 g/mol. The standard InChI is InChI=1S/C19H35NO/c1-18(2,3)16-9-7-15(8-10-16)17-13-20-14-19(21-17)11-5-4-6-12-19/h15-17,20H,4-14H2,1-3H3. The van der Waals surface area contributed by atoms with Crippen LogP contribution in [0.2, 0.25) is 0 Å². The first-order chi connectivity index (χ1) is 9.99. The van der Waals surface area contributed by atoms with Gasteiger partial charge in [-0.25, -0.2) is 0 Å². The molecule has 2 saturated carbocycles. The summed E-state index contributed by atoms with van der Waals surface area (Å²) in [6.45, 7) is 9.42. The largest absolute Gasteiger partial charge is 0.369 e. The molecular formula is C19H35NO. The molecule has 0 amide bonds. The molecule has 0 radical (unpaired) electrons. The molecule has 3 aliphatic rings. The van der Waals surface area contributed by atoms with Crippen molar-refractivity contribution in [2.75, 3.05) is 13.1 Å². The maximum atomic E-state index is 6.71. The molecule has 3 rings (SSSR count). The normalized spacial score (nSPS) is 37.6. The summed E-state index contributed by atoms with van der Waals surface area (Å²) in [5.74, 6) is 1.71. The van der Waals surface area contributed by atoms with Crippen LogP contribution in [0.3, 0.4) is 0 Å². The molecule has 1 aliphatic heterocycles. The first-order valence-corrected chi connectivity index (χ1v) is 9.37. The van der Waals surface area contributed by atoms with E-state index in [0.29, 0.717) is 11.5 Å². The quantitative estimate of drug-likeness (QED) is 0.767. The van der Waals surface area contributed by atoms with Crippen molar-refractivity contribution in [3.63, 3.8) is 0 Å². The van der Waals surface area contributed by atoms with Crippen molar-refractivity contribution in [1.29, 1.82) is 0 Å². The molecule has 2 heteroatoms. The third-order valence-corrected chi connectivity index (χ3v) is 6.48. The van der Waals surface area contributed by atoms with Crippen molar-refractivity contribution in [3.8, 4) is 0 Å². The van der Waals surface area contributed by atoms with Gasteiger partial charge in [0.15, 0.2) is 0 Å². The van der Waals surface area contributed by atoms with E-state index in [1.165, 1.54) is 57.8 Å². The van der Waals surface area contributed by atoms with E-state index in [1.54, 1.807) is 0 Å². The van der Waals surface area contributed by atoms with E-state index in [4.69, 9.17) is 4.74 Å². The Morgan fingerprint density at radius 1 is 0.952 bits per heavy atom. The molecule has 2 nitrogen and oxygen atoms in total. The molecule has 1 atom stereocenters. The lowest BCUT2D eigenvalue weighted by molar-refractivity contribution is -0.156. The van der Waals surface area contributed by atoms with Gasteiger partial charge in [-0.3, -0.25) is 0 Å².